The molecule has 0 amide bonds. The molecule has 2 heteroatoms. The molecule has 184 valence electrons. The van der Waals surface area contributed by atoms with Gasteiger partial charge in [0.25, 0.3) is 0 Å². The lowest BCUT2D eigenvalue weighted by molar-refractivity contribution is -0.149. The Morgan fingerprint density at radius 3 is 2.25 bits per heavy atom. The summed E-state index contributed by atoms with van der Waals surface area (Å²) < 4.78 is 5.62. The number of ether oxygens (including phenoxy) is 1. The van der Waals surface area contributed by atoms with Crippen molar-refractivity contribution in [3.8, 4) is 0 Å². The predicted molar refractivity (Wildman–Crippen MR) is 140 cm³/mol. The zero-order valence-corrected chi connectivity index (χ0v) is 21.9. The van der Waals surface area contributed by atoms with E-state index in [1.165, 1.54) is 74.5 Å². The number of hydrogen-bond acceptors (Lipinski definition) is 2. The standard InChI is InChI=1S/C30H52O2/c1-5-6-7-8-9-10-11-12-13-14-24-32-30(31)29-23-17-22-28(25-29)21-16-20-27(4)19-15-18-26(2)3/h18,20,22,29H,5-17,19,21,23-25H2,1-4H3/b27-20+. The van der Waals surface area contributed by atoms with E-state index >= 15 is 0 Å². The number of hydrogen-bond donors (Lipinski definition) is 0. The molecule has 2 nitrogen and oxygen atoms in total. The quantitative estimate of drug-likeness (QED) is 0.119. The summed E-state index contributed by atoms with van der Waals surface area (Å²) in [5, 5.41) is 0. The largest absolute Gasteiger partial charge is 0.465 e. The van der Waals surface area contributed by atoms with Gasteiger partial charge in [0.2, 0.25) is 0 Å². The van der Waals surface area contributed by atoms with E-state index in [1.807, 2.05) is 0 Å². The molecule has 0 aromatic rings. The molecule has 0 aliphatic heterocycles. The predicted octanol–water partition coefficient (Wildman–Crippen LogP) is 9.65. The molecule has 0 bridgehead atoms. The summed E-state index contributed by atoms with van der Waals surface area (Å²) in [6.45, 7) is 9.44. The van der Waals surface area contributed by atoms with E-state index in [1.54, 1.807) is 0 Å². The Morgan fingerprint density at radius 1 is 0.938 bits per heavy atom. The molecular formula is C30H52O2. The Balaban J connectivity index is 2.10. The van der Waals surface area contributed by atoms with Crippen molar-refractivity contribution in [2.24, 2.45) is 5.92 Å². The third kappa shape index (κ3) is 15.5. The number of carbonyl (C=O) groups is 1. The van der Waals surface area contributed by atoms with Gasteiger partial charge in [-0.2, -0.15) is 0 Å². The van der Waals surface area contributed by atoms with Gasteiger partial charge in [-0.15, -0.1) is 0 Å². The van der Waals surface area contributed by atoms with Gasteiger partial charge in [-0.1, -0.05) is 99.7 Å². The van der Waals surface area contributed by atoms with Gasteiger partial charge in [0.1, 0.15) is 0 Å². The van der Waals surface area contributed by atoms with Crippen molar-refractivity contribution >= 4 is 5.97 Å². The van der Waals surface area contributed by atoms with E-state index in [9.17, 15) is 4.79 Å². The molecule has 32 heavy (non-hydrogen) atoms. The fraction of sp³-hybridized carbons (Fsp3) is 0.767. The Bertz CT molecular complexity index is 578. The lowest BCUT2D eigenvalue weighted by Crippen LogP contribution is -2.21. The zero-order valence-electron chi connectivity index (χ0n) is 21.9. The van der Waals surface area contributed by atoms with Crippen molar-refractivity contribution in [2.45, 2.75) is 137 Å². The minimum absolute atomic E-state index is 0.0416. The molecule has 1 rings (SSSR count). The average molecular weight is 445 g/mol. The first-order chi connectivity index (χ1) is 15.5. The molecule has 0 fully saturated rings. The van der Waals surface area contributed by atoms with Gasteiger partial charge in [0.05, 0.1) is 12.5 Å². The number of esters is 1. The van der Waals surface area contributed by atoms with E-state index in [-0.39, 0.29) is 11.9 Å². The Hall–Kier alpha value is -1.31. The summed E-state index contributed by atoms with van der Waals surface area (Å²) in [5.41, 5.74) is 4.33. The zero-order chi connectivity index (χ0) is 23.4. The van der Waals surface area contributed by atoms with Crippen molar-refractivity contribution < 1.29 is 9.53 Å². The maximum atomic E-state index is 12.5. The Kier molecular flexibility index (Phi) is 17.2. The highest BCUT2D eigenvalue weighted by atomic mass is 16.5. The van der Waals surface area contributed by atoms with Crippen LogP contribution in [0.25, 0.3) is 0 Å². The minimum Gasteiger partial charge on any atom is -0.465 e. The van der Waals surface area contributed by atoms with Crippen LogP contribution in [0.5, 0.6) is 0 Å². The van der Waals surface area contributed by atoms with Gasteiger partial charge < -0.3 is 4.74 Å². The first-order valence-electron chi connectivity index (χ1n) is 13.7. The minimum atomic E-state index is 0.0416. The van der Waals surface area contributed by atoms with Crippen LogP contribution in [0.15, 0.2) is 34.9 Å². The van der Waals surface area contributed by atoms with Crippen LogP contribution in [-0.2, 0) is 9.53 Å². The van der Waals surface area contributed by atoms with Crippen molar-refractivity contribution in [2.75, 3.05) is 6.61 Å². The molecule has 0 heterocycles. The van der Waals surface area contributed by atoms with Crippen LogP contribution in [0.2, 0.25) is 0 Å². The summed E-state index contributed by atoms with van der Waals surface area (Å²) in [7, 11) is 0. The molecule has 0 spiro atoms. The van der Waals surface area contributed by atoms with Crippen LogP contribution in [0.1, 0.15) is 137 Å². The fourth-order valence-electron chi connectivity index (χ4n) is 4.47. The van der Waals surface area contributed by atoms with Crippen molar-refractivity contribution in [1.29, 1.82) is 0 Å². The van der Waals surface area contributed by atoms with Crippen LogP contribution < -0.4 is 0 Å². The van der Waals surface area contributed by atoms with E-state index in [0.29, 0.717) is 6.61 Å². The third-order valence-corrected chi connectivity index (χ3v) is 6.58. The molecule has 0 N–H and O–H groups in total. The molecule has 1 unspecified atom stereocenters. The third-order valence-electron chi connectivity index (χ3n) is 6.58. The van der Waals surface area contributed by atoms with E-state index < -0.39 is 0 Å². The average Bonchev–Trinajstić information content (AvgIpc) is 2.77. The first-order valence-corrected chi connectivity index (χ1v) is 13.7. The molecule has 0 radical (unpaired) electrons. The highest BCUT2D eigenvalue weighted by molar-refractivity contribution is 5.73. The molecule has 1 aliphatic rings. The monoisotopic (exact) mass is 444 g/mol. The summed E-state index contributed by atoms with van der Waals surface area (Å²) in [6.07, 6.45) is 27.5. The van der Waals surface area contributed by atoms with Crippen LogP contribution in [-0.4, -0.2) is 12.6 Å². The molecule has 1 aliphatic carbocycles. The maximum Gasteiger partial charge on any atom is 0.309 e. The smallest absolute Gasteiger partial charge is 0.309 e. The van der Waals surface area contributed by atoms with Crippen LogP contribution in [0.3, 0.4) is 0 Å². The first kappa shape index (κ1) is 28.7. The van der Waals surface area contributed by atoms with Crippen molar-refractivity contribution in [1.82, 2.24) is 0 Å². The van der Waals surface area contributed by atoms with E-state index in [2.05, 4.69) is 45.9 Å². The highest BCUT2D eigenvalue weighted by Crippen LogP contribution is 2.28. The molecule has 0 saturated carbocycles. The lowest BCUT2D eigenvalue weighted by atomic mass is 9.87. The number of rotatable bonds is 18. The van der Waals surface area contributed by atoms with Gasteiger partial charge in [0.15, 0.2) is 0 Å². The highest BCUT2D eigenvalue weighted by Gasteiger charge is 2.23. The number of carbonyl (C=O) groups excluding carboxylic acids is 1. The normalized spacial score (nSPS) is 16.6. The second-order valence-electron chi connectivity index (χ2n) is 10.1. The van der Waals surface area contributed by atoms with Gasteiger partial charge in [-0.25, -0.2) is 0 Å². The molecule has 0 saturated heterocycles. The van der Waals surface area contributed by atoms with Crippen molar-refractivity contribution in [3.05, 3.63) is 34.9 Å². The number of allylic oxidation sites excluding steroid dienone is 6. The maximum absolute atomic E-state index is 12.5. The van der Waals surface area contributed by atoms with E-state index in [4.69, 9.17) is 4.74 Å². The van der Waals surface area contributed by atoms with Crippen LogP contribution >= 0.6 is 0 Å². The second kappa shape index (κ2) is 19.2. The van der Waals surface area contributed by atoms with Gasteiger partial charge in [-0.3, -0.25) is 4.79 Å². The summed E-state index contributed by atoms with van der Waals surface area (Å²) in [4.78, 5) is 12.5. The summed E-state index contributed by atoms with van der Waals surface area (Å²) >= 11 is 0. The fourth-order valence-corrected chi connectivity index (χ4v) is 4.47. The molecule has 0 aromatic heterocycles. The lowest BCUT2D eigenvalue weighted by Gasteiger charge is -2.21. The van der Waals surface area contributed by atoms with Gasteiger partial charge in [0, 0.05) is 0 Å². The summed E-state index contributed by atoms with van der Waals surface area (Å²) in [6, 6.07) is 0. The Labute approximate surface area is 200 Å². The topological polar surface area (TPSA) is 26.3 Å². The van der Waals surface area contributed by atoms with Gasteiger partial charge in [-0.05, 0) is 72.1 Å². The van der Waals surface area contributed by atoms with Gasteiger partial charge >= 0.3 is 5.97 Å². The van der Waals surface area contributed by atoms with Crippen molar-refractivity contribution in [3.63, 3.8) is 0 Å². The molecule has 1 atom stereocenters. The summed E-state index contributed by atoms with van der Waals surface area (Å²) in [5.74, 6) is 0.126. The van der Waals surface area contributed by atoms with Crippen LogP contribution in [0, 0.1) is 5.92 Å². The van der Waals surface area contributed by atoms with E-state index in [0.717, 1.165) is 51.4 Å². The Morgan fingerprint density at radius 2 is 1.59 bits per heavy atom. The SMILES string of the molecule is CCCCCCCCCCCCOC(=O)C1CCC=C(CC/C=C(\C)CCC=C(C)C)C1. The van der Waals surface area contributed by atoms with Crippen LogP contribution in [0.4, 0.5) is 0 Å². The molecule has 0 aromatic carbocycles. The number of unbranched alkanes of at least 4 members (excludes halogenated alkanes) is 9. The second-order valence-corrected chi connectivity index (χ2v) is 10.1. The molecular weight excluding hydrogens is 392 g/mol.